The van der Waals surface area contributed by atoms with Crippen LogP contribution in [0.15, 0.2) is 52.3 Å². The molecule has 2 aromatic rings. The molecule has 4 nitrogen and oxygen atoms in total. The number of nitrogens with one attached hydrogen (secondary N) is 1. The van der Waals surface area contributed by atoms with E-state index in [0.717, 1.165) is 4.90 Å². The van der Waals surface area contributed by atoms with Crippen LogP contribution in [-0.4, -0.2) is 27.8 Å². The first-order chi connectivity index (χ1) is 10.9. The van der Waals surface area contributed by atoms with Gasteiger partial charge in [0, 0.05) is 27.2 Å². The third-order valence-corrected chi connectivity index (χ3v) is 5.87. The van der Waals surface area contributed by atoms with Crippen LogP contribution in [0.25, 0.3) is 0 Å². The Morgan fingerprint density at radius 2 is 1.74 bits per heavy atom. The third kappa shape index (κ3) is 5.29. The Bertz CT molecular complexity index is 765. The number of rotatable bonds is 7. The summed E-state index contributed by atoms with van der Waals surface area (Å²) >= 11 is 13.2. The molecule has 0 saturated heterocycles. The molecule has 8 heteroatoms. The second-order valence-electron chi connectivity index (χ2n) is 4.50. The van der Waals surface area contributed by atoms with Gasteiger partial charge in [0.05, 0.1) is 7.11 Å². The summed E-state index contributed by atoms with van der Waals surface area (Å²) in [6, 6.07) is 11.9. The van der Waals surface area contributed by atoms with E-state index < -0.39 is 10.0 Å². The molecular weight excluding hydrogens is 377 g/mol. The van der Waals surface area contributed by atoms with E-state index >= 15 is 0 Å². The van der Waals surface area contributed by atoms with Gasteiger partial charge in [0.15, 0.2) is 0 Å². The second kappa shape index (κ2) is 8.26. The van der Waals surface area contributed by atoms with Crippen molar-refractivity contribution >= 4 is 45.0 Å². The predicted molar refractivity (Wildman–Crippen MR) is 95.4 cm³/mol. The van der Waals surface area contributed by atoms with Gasteiger partial charge < -0.3 is 4.74 Å². The Hall–Kier alpha value is -0.920. The van der Waals surface area contributed by atoms with Crippen LogP contribution in [0, 0.1) is 0 Å². The highest BCUT2D eigenvalue weighted by Crippen LogP contribution is 2.27. The molecule has 0 amide bonds. The van der Waals surface area contributed by atoms with E-state index in [1.54, 1.807) is 18.2 Å². The smallest absolute Gasteiger partial charge is 0.244 e. The summed E-state index contributed by atoms with van der Waals surface area (Å²) in [4.78, 5) is 1.05. The maximum Gasteiger partial charge on any atom is 0.244 e. The number of thioether (sulfide) groups is 1. The van der Waals surface area contributed by atoms with Gasteiger partial charge in [-0.3, -0.25) is 0 Å². The van der Waals surface area contributed by atoms with Gasteiger partial charge in [-0.1, -0.05) is 23.2 Å². The lowest BCUT2D eigenvalue weighted by molar-refractivity contribution is 0.402. The van der Waals surface area contributed by atoms with E-state index in [9.17, 15) is 8.42 Å². The minimum atomic E-state index is -3.68. The zero-order chi connectivity index (χ0) is 16.9. The number of methoxy groups -OCH3 is 1. The van der Waals surface area contributed by atoms with Gasteiger partial charge in [-0.05, 0) is 42.5 Å². The molecule has 0 heterocycles. The van der Waals surface area contributed by atoms with Crippen LogP contribution in [0.5, 0.6) is 5.75 Å². The molecule has 0 bridgehead atoms. The molecule has 0 atom stereocenters. The third-order valence-electron chi connectivity index (χ3n) is 2.89. The van der Waals surface area contributed by atoms with Crippen LogP contribution in [-0.2, 0) is 10.0 Å². The normalized spacial score (nSPS) is 11.4. The van der Waals surface area contributed by atoms with Crippen LogP contribution in [0.3, 0.4) is 0 Å². The maximum atomic E-state index is 12.3. The van der Waals surface area contributed by atoms with Gasteiger partial charge >= 0.3 is 0 Å². The van der Waals surface area contributed by atoms with Crippen LogP contribution >= 0.6 is 35.0 Å². The zero-order valence-corrected chi connectivity index (χ0v) is 15.4. The van der Waals surface area contributed by atoms with Crippen molar-refractivity contribution in [3.63, 3.8) is 0 Å². The van der Waals surface area contributed by atoms with Crippen molar-refractivity contribution in [2.24, 2.45) is 0 Å². The van der Waals surface area contributed by atoms with Crippen LogP contribution in [0.1, 0.15) is 0 Å². The van der Waals surface area contributed by atoms with Crippen molar-refractivity contribution in [3.05, 3.63) is 52.5 Å². The van der Waals surface area contributed by atoms with Gasteiger partial charge in [-0.25, -0.2) is 13.1 Å². The fraction of sp³-hybridized carbons (Fsp3) is 0.200. The lowest BCUT2D eigenvalue weighted by Gasteiger charge is -2.11. The highest BCUT2D eigenvalue weighted by Gasteiger charge is 2.19. The zero-order valence-electron chi connectivity index (χ0n) is 12.3. The molecule has 0 aromatic heterocycles. The fourth-order valence-electron chi connectivity index (χ4n) is 1.81. The molecule has 0 unspecified atom stereocenters. The molecule has 1 N–H and O–H groups in total. The Morgan fingerprint density at radius 3 is 2.39 bits per heavy atom. The van der Waals surface area contributed by atoms with E-state index in [4.69, 9.17) is 27.9 Å². The summed E-state index contributed by atoms with van der Waals surface area (Å²) in [5.74, 6) is 0.844. The largest absolute Gasteiger partial charge is 0.495 e. The maximum absolute atomic E-state index is 12.3. The lowest BCUT2D eigenvalue weighted by atomic mass is 10.3. The molecular formula is C15H15Cl2NO3S2. The summed E-state index contributed by atoms with van der Waals surface area (Å²) in [6.07, 6.45) is 0. The predicted octanol–water partition coefficient (Wildman–Crippen LogP) is 4.07. The molecule has 2 rings (SSSR count). The van der Waals surface area contributed by atoms with Gasteiger partial charge in [0.25, 0.3) is 0 Å². The molecule has 0 spiro atoms. The van der Waals surface area contributed by atoms with Crippen molar-refractivity contribution in [3.8, 4) is 5.75 Å². The average molecular weight is 392 g/mol. The average Bonchev–Trinajstić information content (AvgIpc) is 2.53. The molecule has 0 aliphatic carbocycles. The summed E-state index contributed by atoms with van der Waals surface area (Å²) in [5, 5.41) is 1.00. The van der Waals surface area contributed by atoms with Crippen LogP contribution in [0.4, 0.5) is 0 Å². The van der Waals surface area contributed by atoms with Crippen molar-refractivity contribution < 1.29 is 13.2 Å². The SMILES string of the molecule is COc1ccc(Cl)cc1S(=O)(=O)NCCSc1ccc(Cl)cc1. The number of sulfonamides is 1. The second-order valence-corrected chi connectivity index (χ2v) is 8.27. The van der Waals surface area contributed by atoms with Gasteiger partial charge in [0.1, 0.15) is 10.6 Å². The molecule has 0 radical (unpaired) electrons. The topological polar surface area (TPSA) is 55.4 Å². The standard InChI is InChI=1S/C15H15Cl2NO3S2/c1-21-14-7-4-12(17)10-15(14)23(19,20)18-8-9-22-13-5-2-11(16)3-6-13/h2-7,10,18H,8-9H2,1H3. The molecule has 124 valence electrons. The summed E-state index contributed by atoms with van der Waals surface area (Å²) in [6.45, 7) is 0.283. The minimum Gasteiger partial charge on any atom is -0.495 e. The van der Waals surface area contributed by atoms with E-state index in [1.165, 1.54) is 31.0 Å². The first kappa shape index (κ1) is 18.4. The first-order valence-electron chi connectivity index (χ1n) is 6.64. The lowest BCUT2D eigenvalue weighted by Crippen LogP contribution is -2.26. The molecule has 0 saturated carbocycles. The van der Waals surface area contributed by atoms with Crippen molar-refractivity contribution in [2.45, 2.75) is 9.79 Å². The van der Waals surface area contributed by atoms with Gasteiger partial charge in [-0.15, -0.1) is 11.8 Å². The Balaban J connectivity index is 1.96. The van der Waals surface area contributed by atoms with E-state index in [-0.39, 0.29) is 17.2 Å². The molecule has 0 fully saturated rings. The van der Waals surface area contributed by atoms with Crippen LogP contribution < -0.4 is 9.46 Å². The number of benzene rings is 2. The minimum absolute atomic E-state index is 0.0315. The summed E-state index contributed by atoms with van der Waals surface area (Å²) in [7, 11) is -2.27. The first-order valence-corrected chi connectivity index (χ1v) is 9.86. The van der Waals surface area contributed by atoms with Crippen molar-refractivity contribution in [1.82, 2.24) is 4.72 Å². The molecule has 23 heavy (non-hydrogen) atoms. The quantitative estimate of drug-likeness (QED) is 0.570. The monoisotopic (exact) mass is 391 g/mol. The van der Waals surface area contributed by atoms with Crippen LogP contribution in [0.2, 0.25) is 10.0 Å². The highest BCUT2D eigenvalue weighted by molar-refractivity contribution is 7.99. The Morgan fingerprint density at radius 1 is 1.09 bits per heavy atom. The number of hydrogen-bond donors (Lipinski definition) is 1. The summed E-state index contributed by atoms with van der Waals surface area (Å²) < 4.78 is 32.3. The van der Waals surface area contributed by atoms with Crippen molar-refractivity contribution in [2.75, 3.05) is 19.4 Å². The summed E-state index contributed by atoms with van der Waals surface area (Å²) in [5.41, 5.74) is 0. The fourth-order valence-corrected chi connectivity index (χ4v) is 4.30. The molecule has 2 aromatic carbocycles. The Labute approximate surface area is 150 Å². The molecule has 0 aliphatic rings. The Kier molecular flexibility index (Phi) is 6.61. The van der Waals surface area contributed by atoms with E-state index in [0.29, 0.717) is 15.8 Å². The van der Waals surface area contributed by atoms with Crippen molar-refractivity contribution in [1.29, 1.82) is 0 Å². The number of hydrogen-bond acceptors (Lipinski definition) is 4. The molecule has 0 aliphatic heterocycles. The van der Waals surface area contributed by atoms with Gasteiger partial charge in [0.2, 0.25) is 10.0 Å². The highest BCUT2D eigenvalue weighted by atomic mass is 35.5. The van der Waals surface area contributed by atoms with E-state index in [1.807, 2.05) is 12.1 Å². The number of halogens is 2. The van der Waals surface area contributed by atoms with E-state index in [2.05, 4.69) is 4.72 Å². The van der Waals surface area contributed by atoms with Gasteiger partial charge in [-0.2, -0.15) is 0 Å². The number of ether oxygens (including phenoxy) is 1.